The molecule has 0 amide bonds. The minimum Gasteiger partial charge on any atom is -0.400 e. The fourth-order valence-electron chi connectivity index (χ4n) is 0.724. The lowest BCUT2D eigenvalue weighted by atomic mass is 10.0. The summed E-state index contributed by atoms with van der Waals surface area (Å²) in [6.07, 6.45) is 7.39. The molecule has 1 heterocycles. The Labute approximate surface area is 94.1 Å². The SMILES string of the molecule is C1CCC1.CO.Nc1cc(Cl)c[nH]c1=O. The largest absolute Gasteiger partial charge is 0.400 e. The molecule has 2 rings (SSSR count). The number of rotatable bonds is 0. The van der Waals surface area contributed by atoms with Crippen LogP contribution in [0.15, 0.2) is 17.1 Å². The number of aromatic nitrogens is 1. The van der Waals surface area contributed by atoms with Gasteiger partial charge in [0.2, 0.25) is 0 Å². The van der Waals surface area contributed by atoms with Crippen molar-refractivity contribution in [3.05, 3.63) is 27.6 Å². The Balaban J connectivity index is 0.000000272. The molecule has 1 aliphatic carbocycles. The van der Waals surface area contributed by atoms with Crippen LogP contribution in [0.5, 0.6) is 0 Å². The van der Waals surface area contributed by atoms with Crippen molar-refractivity contribution < 1.29 is 5.11 Å². The molecule has 5 heteroatoms. The van der Waals surface area contributed by atoms with E-state index in [0.717, 1.165) is 7.11 Å². The van der Waals surface area contributed by atoms with Crippen LogP contribution in [-0.4, -0.2) is 17.2 Å². The Kier molecular flexibility index (Phi) is 7.77. The topological polar surface area (TPSA) is 79.1 Å². The normalized spacial score (nSPS) is 12.5. The van der Waals surface area contributed by atoms with Crippen molar-refractivity contribution in [2.45, 2.75) is 25.7 Å². The number of hydrogen-bond donors (Lipinski definition) is 3. The summed E-state index contributed by atoms with van der Waals surface area (Å²) in [5.74, 6) is 0. The number of H-pyrrole nitrogens is 1. The molecule has 0 atom stereocenters. The Morgan fingerprint density at radius 1 is 1.33 bits per heavy atom. The first-order valence-electron chi connectivity index (χ1n) is 4.78. The third-order valence-electron chi connectivity index (χ3n) is 1.90. The summed E-state index contributed by atoms with van der Waals surface area (Å²) in [5, 5.41) is 7.44. The maximum atomic E-state index is 10.5. The van der Waals surface area contributed by atoms with Gasteiger partial charge in [0.1, 0.15) is 0 Å². The molecule has 0 spiro atoms. The van der Waals surface area contributed by atoms with E-state index in [-0.39, 0.29) is 11.2 Å². The van der Waals surface area contributed by atoms with Crippen LogP contribution >= 0.6 is 11.6 Å². The average molecular weight is 233 g/mol. The molecule has 1 saturated carbocycles. The molecule has 0 bridgehead atoms. The van der Waals surface area contributed by atoms with E-state index in [1.807, 2.05) is 0 Å². The quantitative estimate of drug-likeness (QED) is 0.638. The van der Waals surface area contributed by atoms with Gasteiger partial charge in [0.05, 0.1) is 10.7 Å². The van der Waals surface area contributed by atoms with Gasteiger partial charge < -0.3 is 15.8 Å². The van der Waals surface area contributed by atoms with Crippen LogP contribution in [0.2, 0.25) is 5.02 Å². The number of halogens is 1. The number of pyridine rings is 1. The summed E-state index contributed by atoms with van der Waals surface area (Å²) in [4.78, 5) is 12.9. The second kappa shape index (κ2) is 8.32. The van der Waals surface area contributed by atoms with Gasteiger partial charge >= 0.3 is 0 Å². The van der Waals surface area contributed by atoms with Crippen molar-refractivity contribution in [3.63, 3.8) is 0 Å². The number of aliphatic hydroxyl groups is 1. The van der Waals surface area contributed by atoms with Crippen LogP contribution < -0.4 is 11.3 Å². The van der Waals surface area contributed by atoms with E-state index >= 15 is 0 Å². The highest BCUT2D eigenvalue weighted by atomic mass is 35.5. The summed E-state index contributed by atoms with van der Waals surface area (Å²) in [6.45, 7) is 0. The van der Waals surface area contributed by atoms with Crippen LogP contribution in [0.25, 0.3) is 0 Å². The first-order valence-corrected chi connectivity index (χ1v) is 5.16. The maximum Gasteiger partial charge on any atom is 0.271 e. The third kappa shape index (κ3) is 6.14. The number of nitrogens with two attached hydrogens (primary N) is 1. The van der Waals surface area contributed by atoms with E-state index in [4.69, 9.17) is 22.4 Å². The highest BCUT2D eigenvalue weighted by Crippen LogP contribution is 2.15. The molecular weight excluding hydrogens is 216 g/mol. The molecule has 0 aromatic carbocycles. The van der Waals surface area contributed by atoms with E-state index in [0.29, 0.717) is 5.02 Å². The number of aromatic amines is 1. The predicted molar refractivity (Wildman–Crippen MR) is 63.1 cm³/mol. The summed E-state index contributed by atoms with van der Waals surface area (Å²) < 4.78 is 0. The Bertz CT molecular complexity index is 317. The first-order chi connectivity index (χ1) is 7.20. The zero-order valence-electron chi connectivity index (χ0n) is 8.79. The van der Waals surface area contributed by atoms with Crippen LogP contribution in [-0.2, 0) is 0 Å². The van der Waals surface area contributed by atoms with Crippen LogP contribution in [0, 0.1) is 0 Å². The summed E-state index contributed by atoms with van der Waals surface area (Å²) in [6, 6.07) is 1.40. The number of hydrogen-bond acceptors (Lipinski definition) is 3. The molecule has 1 aromatic rings. The number of nitrogen functional groups attached to an aromatic ring is 1. The van der Waals surface area contributed by atoms with Gasteiger partial charge in [0, 0.05) is 13.3 Å². The van der Waals surface area contributed by atoms with E-state index in [1.54, 1.807) is 0 Å². The van der Waals surface area contributed by atoms with E-state index in [2.05, 4.69) is 4.98 Å². The second-order valence-electron chi connectivity index (χ2n) is 3.02. The van der Waals surface area contributed by atoms with Gasteiger partial charge in [-0.25, -0.2) is 0 Å². The standard InChI is InChI=1S/C5H5ClN2O.C4H8.CH4O/c6-3-1-4(7)5(9)8-2-3;1-2-4-3-1;1-2/h1-2H,7H2,(H,8,9);1-4H2;2H,1H3. The second-order valence-corrected chi connectivity index (χ2v) is 3.45. The Morgan fingerprint density at radius 3 is 2.07 bits per heavy atom. The molecule has 1 aromatic heterocycles. The van der Waals surface area contributed by atoms with Crippen LogP contribution in [0.1, 0.15) is 25.7 Å². The van der Waals surface area contributed by atoms with E-state index in [9.17, 15) is 4.79 Å². The van der Waals surface area contributed by atoms with E-state index < -0.39 is 0 Å². The molecule has 0 radical (unpaired) electrons. The predicted octanol–water partition coefficient (Wildman–Crippen LogP) is 1.78. The smallest absolute Gasteiger partial charge is 0.271 e. The molecule has 4 N–H and O–H groups in total. The van der Waals surface area contributed by atoms with Gasteiger partial charge in [-0.1, -0.05) is 37.3 Å². The Hall–Kier alpha value is -1.00. The molecule has 0 unspecified atom stereocenters. The van der Waals surface area contributed by atoms with Gasteiger partial charge in [0.25, 0.3) is 5.56 Å². The fourth-order valence-corrected chi connectivity index (χ4v) is 0.896. The zero-order chi connectivity index (χ0) is 11.7. The minimum atomic E-state index is -0.306. The molecular formula is C10H17ClN2O2. The molecule has 1 fully saturated rings. The lowest BCUT2D eigenvalue weighted by Gasteiger charge is -2.05. The van der Waals surface area contributed by atoms with Gasteiger partial charge in [-0.05, 0) is 6.07 Å². The number of anilines is 1. The van der Waals surface area contributed by atoms with Crippen molar-refractivity contribution in [1.29, 1.82) is 0 Å². The molecule has 15 heavy (non-hydrogen) atoms. The van der Waals surface area contributed by atoms with Crippen molar-refractivity contribution in [1.82, 2.24) is 4.98 Å². The monoisotopic (exact) mass is 232 g/mol. The lowest BCUT2D eigenvalue weighted by molar-refractivity contribution is 0.399. The van der Waals surface area contributed by atoms with Gasteiger partial charge in [-0.2, -0.15) is 0 Å². The number of aliphatic hydroxyl groups excluding tert-OH is 1. The summed E-state index contributed by atoms with van der Waals surface area (Å²) in [7, 11) is 1.00. The number of nitrogens with one attached hydrogen (secondary N) is 1. The average Bonchev–Trinajstić information content (AvgIpc) is 2.13. The van der Waals surface area contributed by atoms with Crippen LogP contribution in [0.3, 0.4) is 0 Å². The lowest BCUT2D eigenvalue weighted by Crippen LogP contribution is -2.09. The van der Waals surface area contributed by atoms with Crippen molar-refractivity contribution in [3.8, 4) is 0 Å². The molecule has 0 aliphatic heterocycles. The summed E-state index contributed by atoms with van der Waals surface area (Å²) in [5.41, 5.74) is 5.03. The maximum absolute atomic E-state index is 10.5. The minimum absolute atomic E-state index is 0.141. The molecule has 4 nitrogen and oxygen atoms in total. The van der Waals surface area contributed by atoms with Gasteiger partial charge in [-0.15, -0.1) is 0 Å². The third-order valence-corrected chi connectivity index (χ3v) is 2.11. The van der Waals surface area contributed by atoms with Crippen LogP contribution in [0.4, 0.5) is 5.69 Å². The van der Waals surface area contributed by atoms with Crippen molar-refractivity contribution in [2.24, 2.45) is 0 Å². The Morgan fingerprint density at radius 2 is 1.80 bits per heavy atom. The van der Waals surface area contributed by atoms with E-state index in [1.165, 1.54) is 37.9 Å². The highest BCUT2D eigenvalue weighted by Gasteiger charge is 1.95. The van der Waals surface area contributed by atoms with Gasteiger partial charge in [0.15, 0.2) is 0 Å². The first kappa shape index (κ1) is 14.0. The highest BCUT2D eigenvalue weighted by molar-refractivity contribution is 6.30. The van der Waals surface area contributed by atoms with Gasteiger partial charge in [-0.3, -0.25) is 4.79 Å². The zero-order valence-corrected chi connectivity index (χ0v) is 9.55. The van der Waals surface area contributed by atoms with Crippen molar-refractivity contribution >= 4 is 17.3 Å². The van der Waals surface area contributed by atoms with Crippen molar-refractivity contribution in [2.75, 3.05) is 12.8 Å². The summed E-state index contributed by atoms with van der Waals surface area (Å²) >= 11 is 5.47. The molecule has 86 valence electrons. The molecule has 0 saturated heterocycles. The fraction of sp³-hybridized carbons (Fsp3) is 0.500. The molecule has 1 aliphatic rings.